The lowest BCUT2D eigenvalue weighted by Gasteiger charge is -2.21. The van der Waals surface area contributed by atoms with Crippen LogP contribution < -0.4 is 14.5 Å². The van der Waals surface area contributed by atoms with E-state index in [1.54, 1.807) is 12.1 Å². The van der Waals surface area contributed by atoms with Gasteiger partial charge in [-0.1, -0.05) is 17.7 Å². The van der Waals surface area contributed by atoms with Crippen LogP contribution in [0.15, 0.2) is 47.6 Å². The van der Waals surface area contributed by atoms with E-state index in [-0.39, 0.29) is 10.6 Å². The predicted octanol–water partition coefficient (Wildman–Crippen LogP) is 2.79. The van der Waals surface area contributed by atoms with E-state index in [0.29, 0.717) is 18.0 Å². The molecule has 2 aromatic rings. The molecule has 0 saturated carbocycles. The molecule has 1 N–H and O–H groups in total. The van der Waals surface area contributed by atoms with Gasteiger partial charge in [-0.2, -0.15) is 5.10 Å². The lowest BCUT2D eigenvalue weighted by Crippen LogP contribution is -2.39. The Bertz CT molecular complexity index is 945. The molecule has 7 nitrogen and oxygen atoms in total. The second kappa shape index (κ2) is 9.52. The Morgan fingerprint density at radius 2 is 1.96 bits per heavy atom. The van der Waals surface area contributed by atoms with Gasteiger partial charge in [0.1, 0.15) is 18.1 Å². The van der Waals surface area contributed by atoms with Gasteiger partial charge in [0.15, 0.2) is 0 Å². The van der Waals surface area contributed by atoms with Crippen molar-refractivity contribution in [1.82, 2.24) is 5.43 Å². The number of hydrogen-bond acceptors (Lipinski definition) is 5. The molecule has 0 aliphatic carbocycles. The summed E-state index contributed by atoms with van der Waals surface area (Å²) in [7, 11) is -3.73. The molecule has 150 valence electrons. The fourth-order valence-electron chi connectivity index (χ4n) is 2.24. The van der Waals surface area contributed by atoms with Crippen molar-refractivity contribution in [3.05, 3.63) is 58.9 Å². The van der Waals surface area contributed by atoms with Gasteiger partial charge in [0.05, 0.1) is 29.8 Å². The molecule has 2 aromatic carbocycles. The summed E-state index contributed by atoms with van der Waals surface area (Å²) in [5, 5.41) is 3.77. The summed E-state index contributed by atoms with van der Waals surface area (Å²) < 4.78 is 44.0. The van der Waals surface area contributed by atoms with Crippen molar-refractivity contribution in [1.29, 1.82) is 0 Å². The average molecular weight is 428 g/mol. The quantitative estimate of drug-likeness (QED) is 0.518. The first-order valence-corrected chi connectivity index (χ1v) is 10.4. The Labute approximate surface area is 167 Å². The zero-order valence-corrected chi connectivity index (χ0v) is 16.8. The first-order chi connectivity index (χ1) is 13.2. The van der Waals surface area contributed by atoms with Gasteiger partial charge >= 0.3 is 0 Å². The molecule has 2 rings (SSSR count). The van der Waals surface area contributed by atoms with Gasteiger partial charge in [-0.25, -0.2) is 18.2 Å². The van der Waals surface area contributed by atoms with E-state index in [1.807, 2.05) is 6.92 Å². The number of amides is 1. The lowest BCUT2D eigenvalue weighted by atomic mass is 10.2. The fraction of sp³-hybridized carbons (Fsp3) is 0.222. The summed E-state index contributed by atoms with van der Waals surface area (Å²) >= 11 is 5.86. The predicted molar refractivity (Wildman–Crippen MR) is 107 cm³/mol. The molecule has 0 aliphatic heterocycles. The van der Waals surface area contributed by atoms with E-state index in [4.69, 9.17) is 16.3 Å². The fourth-order valence-corrected chi connectivity index (χ4v) is 3.31. The summed E-state index contributed by atoms with van der Waals surface area (Å²) in [6.45, 7) is 1.80. The van der Waals surface area contributed by atoms with Crippen LogP contribution in [0.3, 0.4) is 0 Å². The van der Waals surface area contributed by atoms with Crippen molar-refractivity contribution in [3.63, 3.8) is 0 Å². The van der Waals surface area contributed by atoms with Crippen molar-refractivity contribution < 1.29 is 22.3 Å². The summed E-state index contributed by atoms with van der Waals surface area (Å²) in [4.78, 5) is 12.1. The van der Waals surface area contributed by atoms with Crippen LogP contribution in [0.25, 0.3) is 0 Å². The van der Waals surface area contributed by atoms with Crippen molar-refractivity contribution >= 4 is 39.4 Å². The lowest BCUT2D eigenvalue weighted by molar-refractivity contribution is -0.119. The maximum atomic E-state index is 13.7. The summed E-state index contributed by atoms with van der Waals surface area (Å²) in [6.07, 6.45) is 2.04. The molecule has 10 heteroatoms. The van der Waals surface area contributed by atoms with Gasteiger partial charge in [-0.3, -0.25) is 9.10 Å². The molecule has 0 aromatic heterocycles. The van der Waals surface area contributed by atoms with Crippen LogP contribution in [0, 0.1) is 5.82 Å². The first-order valence-electron chi connectivity index (χ1n) is 8.19. The minimum atomic E-state index is -3.73. The zero-order valence-electron chi connectivity index (χ0n) is 15.2. The number of carbonyl (C=O) groups is 1. The van der Waals surface area contributed by atoms with Crippen LogP contribution in [0.1, 0.15) is 12.5 Å². The second-order valence-corrected chi connectivity index (χ2v) is 7.94. The molecular formula is C18H19ClFN3O4S. The molecule has 0 fully saturated rings. The van der Waals surface area contributed by atoms with Crippen LogP contribution in [0.2, 0.25) is 5.02 Å². The molecule has 0 bridgehead atoms. The maximum Gasteiger partial charge on any atom is 0.260 e. The Morgan fingerprint density at radius 1 is 1.29 bits per heavy atom. The summed E-state index contributed by atoms with van der Waals surface area (Å²) in [5.41, 5.74) is 2.47. The number of benzene rings is 2. The number of hydrazone groups is 1. The second-order valence-electron chi connectivity index (χ2n) is 5.63. The molecular weight excluding hydrogens is 409 g/mol. The number of anilines is 1. The smallest absolute Gasteiger partial charge is 0.260 e. The molecule has 0 aliphatic rings. The summed E-state index contributed by atoms with van der Waals surface area (Å²) in [6, 6.07) is 10.4. The van der Waals surface area contributed by atoms with E-state index in [1.165, 1.54) is 30.3 Å². The summed E-state index contributed by atoms with van der Waals surface area (Å²) in [5.74, 6) is -0.726. The van der Waals surface area contributed by atoms with E-state index in [9.17, 15) is 17.6 Å². The molecule has 1 amide bonds. The van der Waals surface area contributed by atoms with Gasteiger partial charge in [-0.05, 0) is 43.3 Å². The van der Waals surface area contributed by atoms with Crippen molar-refractivity contribution in [2.45, 2.75) is 6.92 Å². The topological polar surface area (TPSA) is 88.1 Å². The highest BCUT2D eigenvalue weighted by Crippen LogP contribution is 2.21. The van der Waals surface area contributed by atoms with E-state index in [0.717, 1.165) is 16.8 Å². The standard InChI is InChI=1S/C18H19ClFN3O4S/c1-3-27-14-9-7-13(8-10-14)23(28(2,25)26)12-18(24)22-21-11-15-16(19)5-4-6-17(15)20/h4-11H,3,12H2,1-2H3,(H,22,24)/b21-11-. The third-order valence-electron chi connectivity index (χ3n) is 3.51. The molecule has 0 atom stereocenters. The van der Waals surface area contributed by atoms with Crippen LogP contribution in [0.4, 0.5) is 10.1 Å². The van der Waals surface area contributed by atoms with E-state index >= 15 is 0 Å². The number of ether oxygens (including phenoxy) is 1. The van der Waals surface area contributed by atoms with Crippen LogP contribution in [-0.2, 0) is 14.8 Å². The number of nitrogens with zero attached hydrogens (tertiary/aromatic N) is 2. The van der Waals surface area contributed by atoms with Gasteiger partial charge in [-0.15, -0.1) is 0 Å². The van der Waals surface area contributed by atoms with Gasteiger partial charge < -0.3 is 4.74 Å². The van der Waals surface area contributed by atoms with Crippen molar-refractivity contribution in [2.75, 3.05) is 23.7 Å². The van der Waals surface area contributed by atoms with Crippen molar-refractivity contribution in [3.8, 4) is 5.75 Å². The van der Waals surface area contributed by atoms with Gasteiger partial charge in [0.25, 0.3) is 5.91 Å². The maximum absolute atomic E-state index is 13.7. The molecule has 0 spiro atoms. The van der Waals surface area contributed by atoms with Crippen LogP contribution in [0.5, 0.6) is 5.75 Å². The first kappa shape index (κ1) is 21.6. The van der Waals surface area contributed by atoms with Gasteiger partial charge in [0, 0.05) is 5.56 Å². The number of nitrogens with one attached hydrogen (secondary N) is 1. The van der Waals surface area contributed by atoms with Crippen LogP contribution in [-0.4, -0.2) is 39.9 Å². The largest absolute Gasteiger partial charge is 0.494 e. The Kier molecular flexibility index (Phi) is 7.36. The third-order valence-corrected chi connectivity index (χ3v) is 4.98. The highest BCUT2D eigenvalue weighted by Gasteiger charge is 2.20. The third kappa shape index (κ3) is 5.93. The molecule has 0 radical (unpaired) electrons. The van der Waals surface area contributed by atoms with E-state index in [2.05, 4.69) is 10.5 Å². The number of carbonyl (C=O) groups excluding carboxylic acids is 1. The van der Waals surface area contributed by atoms with Gasteiger partial charge in [0.2, 0.25) is 10.0 Å². The Balaban J connectivity index is 2.10. The highest BCUT2D eigenvalue weighted by molar-refractivity contribution is 7.92. The number of sulfonamides is 1. The number of halogens is 2. The molecule has 0 heterocycles. The monoisotopic (exact) mass is 427 g/mol. The normalized spacial score (nSPS) is 11.4. The highest BCUT2D eigenvalue weighted by atomic mass is 35.5. The molecule has 28 heavy (non-hydrogen) atoms. The SMILES string of the molecule is CCOc1ccc(N(CC(=O)N/N=C\c2c(F)cccc2Cl)S(C)(=O)=O)cc1. The average Bonchev–Trinajstić information content (AvgIpc) is 2.62. The Hall–Kier alpha value is -2.65. The number of rotatable bonds is 8. The molecule has 0 saturated heterocycles. The Morgan fingerprint density at radius 3 is 2.54 bits per heavy atom. The minimum Gasteiger partial charge on any atom is -0.494 e. The minimum absolute atomic E-state index is 0.0101. The molecule has 0 unspecified atom stereocenters. The van der Waals surface area contributed by atoms with Crippen molar-refractivity contribution in [2.24, 2.45) is 5.10 Å². The van der Waals surface area contributed by atoms with E-state index < -0.39 is 28.3 Å². The zero-order chi connectivity index (χ0) is 20.7. The van der Waals surface area contributed by atoms with Crippen LogP contribution >= 0.6 is 11.6 Å². The number of hydrogen-bond donors (Lipinski definition) is 1.